The molecule has 166 valence electrons. The fourth-order valence-electron chi connectivity index (χ4n) is 3.70. The largest absolute Gasteiger partial charge is 0.484 e. The molecule has 7 heteroatoms. The molecule has 0 saturated heterocycles. The SMILES string of the molecule is C[C@H](C(=O)NC1CCCCC1)N(Cc1ccc(F)cc1)C(=O)COc1ccc(F)cc1. The average Bonchev–Trinajstić information content (AvgIpc) is 2.78. The van der Waals surface area contributed by atoms with Gasteiger partial charge in [0.1, 0.15) is 23.4 Å². The third kappa shape index (κ3) is 6.77. The molecule has 1 saturated carbocycles. The van der Waals surface area contributed by atoms with Crippen LogP contribution in [0.4, 0.5) is 8.78 Å². The lowest BCUT2D eigenvalue weighted by atomic mass is 9.95. The third-order valence-corrected chi connectivity index (χ3v) is 5.56. The second kappa shape index (κ2) is 10.9. The van der Waals surface area contributed by atoms with E-state index in [-0.39, 0.29) is 36.8 Å². The minimum absolute atomic E-state index is 0.127. The lowest BCUT2D eigenvalue weighted by Crippen LogP contribution is -2.51. The van der Waals surface area contributed by atoms with Crippen LogP contribution in [0.3, 0.4) is 0 Å². The highest BCUT2D eigenvalue weighted by Crippen LogP contribution is 2.18. The maximum absolute atomic E-state index is 13.3. The van der Waals surface area contributed by atoms with Gasteiger partial charge in [0.2, 0.25) is 5.91 Å². The number of amides is 2. The molecule has 1 N–H and O–H groups in total. The highest BCUT2D eigenvalue weighted by Gasteiger charge is 2.28. The number of benzene rings is 2. The van der Waals surface area contributed by atoms with E-state index in [0.717, 1.165) is 25.7 Å². The molecular formula is C24H28F2N2O3. The van der Waals surface area contributed by atoms with Gasteiger partial charge in [-0.2, -0.15) is 0 Å². The summed E-state index contributed by atoms with van der Waals surface area (Å²) in [6.45, 7) is 1.52. The average molecular weight is 430 g/mol. The van der Waals surface area contributed by atoms with Crippen molar-refractivity contribution in [1.29, 1.82) is 0 Å². The fraction of sp³-hybridized carbons (Fsp3) is 0.417. The Bertz CT molecular complexity index is 865. The first kappa shape index (κ1) is 22.7. The van der Waals surface area contributed by atoms with Crippen LogP contribution in [0.5, 0.6) is 5.75 Å². The van der Waals surface area contributed by atoms with E-state index in [0.29, 0.717) is 11.3 Å². The Kier molecular flexibility index (Phi) is 7.98. The summed E-state index contributed by atoms with van der Waals surface area (Å²) in [6, 6.07) is 10.6. The molecule has 2 aromatic carbocycles. The van der Waals surface area contributed by atoms with E-state index < -0.39 is 11.9 Å². The second-order valence-electron chi connectivity index (χ2n) is 7.91. The lowest BCUT2D eigenvalue weighted by Gasteiger charge is -2.31. The Balaban J connectivity index is 1.69. The van der Waals surface area contributed by atoms with Gasteiger partial charge in [-0.05, 0) is 61.7 Å². The Labute approximate surface area is 181 Å². The number of hydrogen-bond acceptors (Lipinski definition) is 3. The van der Waals surface area contributed by atoms with Crippen LogP contribution in [0, 0.1) is 11.6 Å². The molecule has 0 aliphatic heterocycles. The number of carbonyl (C=O) groups excluding carboxylic acids is 2. The summed E-state index contributed by atoms with van der Waals surface area (Å²) in [4.78, 5) is 27.3. The van der Waals surface area contributed by atoms with Crippen molar-refractivity contribution in [1.82, 2.24) is 10.2 Å². The summed E-state index contributed by atoms with van der Waals surface area (Å²) in [6.07, 6.45) is 5.24. The van der Waals surface area contributed by atoms with Crippen molar-refractivity contribution in [2.45, 2.75) is 57.7 Å². The van der Waals surface area contributed by atoms with Gasteiger partial charge in [0.25, 0.3) is 5.91 Å². The molecule has 0 spiro atoms. The Morgan fingerprint density at radius 1 is 1.00 bits per heavy atom. The van der Waals surface area contributed by atoms with Crippen LogP contribution < -0.4 is 10.1 Å². The van der Waals surface area contributed by atoms with Gasteiger partial charge in [0.05, 0.1) is 0 Å². The van der Waals surface area contributed by atoms with E-state index >= 15 is 0 Å². The third-order valence-electron chi connectivity index (χ3n) is 5.56. The first-order valence-corrected chi connectivity index (χ1v) is 10.6. The van der Waals surface area contributed by atoms with Crippen molar-refractivity contribution in [2.24, 2.45) is 0 Å². The number of ether oxygens (including phenoxy) is 1. The predicted octanol–water partition coefficient (Wildman–Crippen LogP) is 4.21. The number of halogens is 2. The summed E-state index contributed by atoms with van der Waals surface area (Å²) in [7, 11) is 0. The molecular weight excluding hydrogens is 402 g/mol. The zero-order chi connectivity index (χ0) is 22.2. The molecule has 1 atom stereocenters. The normalized spacial score (nSPS) is 15.2. The molecule has 3 rings (SSSR count). The van der Waals surface area contributed by atoms with Crippen LogP contribution in [0.1, 0.15) is 44.6 Å². The molecule has 1 aliphatic rings. The minimum Gasteiger partial charge on any atom is -0.484 e. The van der Waals surface area contributed by atoms with Crippen LogP contribution in [0.15, 0.2) is 48.5 Å². The van der Waals surface area contributed by atoms with E-state index in [1.807, 2.05) is 0 Å². The summed E-state index contributed by atoms with van der Waals surface area (Å²) >= 11 is 0. The molecule has 0 unspecified atom stereocenters. The van der Waals surface area contributed by atoms with Gasteiger partial charge in [0.15, 0.2) is 6.61 Å². The van der Waals surface area contributed by atoms with Crippen LogP contribution in [0.2, 0.25) is 0 Å². The molecule has 0 radical (unpaired) electrons. The van der Waals surface area contributed by atoms with Crippen LogP contribution >= 0.6 is 0 Å². The summed E-state index contributed by atoms with van der Waals surface area (Å²) in [5.74, 6) is -1.02. The monoisotopic (exact) mass is 430 g/mol. The van der Waals surface area contributed by atoms with Crippen molar-refractivity contribution >= 4 is 11.8 Å². The summed E-state index contributed by atoms with van der Waals surface area (Å²) in [5.41, 5.74) is 0.703. The van der Waals surface area contributed by atoms with Gasteiger partial charge in [-0.1, -0.05) is 31.4 Å². The molecule has 0 heterocycles. The maximum Gasteiger partial charge on any atom is 0.261 e. The van der Waals surface area contributed by atoms with Gasteiger partial charge in [-0.15, -0.1) is 0 Å². The first-order valence-electron chi connectivity index (χ1n) is 10.6. The van der Waals surface area contributed by atoms with E-state index in [1.54, 1.807) is 19.1 Å². The van der Waals surface area contributed by atoms with Crippen LogP contribution in [0.25, 0.3) is 0 Å². The zero-order valence-corrected chi connectivity index (χ0v) is 17.7. The van der Waals surface area contributed by atoms with E-state index in [4.69, 9.17) is 4.74 Å². The predicted molar refractivity (Wildman–Crippen MR) is 113 cm³/mol. The number of rotatable bonds is 8. The molecule has 1 fully saturated rings. The second-order valence-corrected chi connectivity index (χ2v) is 7.91. The fourth-order valence-corrected chi connectivity index (χ4v) is 3.70. The van der Waals surface area contributed by atoms with Gasteiger partial charge >= 0.3 is 0 Å². The van der Waals surface area contributed by atoms with E-state index in [1.165, 1.54) is 47.7 Å². The van der Waals surface area contributed by atoms with Gasteiger partial charge in [0, 0.05) is 12.6 Å². The van der Waals surface area contributed by atoms with E-state index in [2.05, 4.69) is 5.32 Å². The molecule has 0 bridgehead atoms. The van der Waals surface area contributed by atoms with Gasteiger partial charge < -0.3 is 15.0 Å². The minimum atomic E-state index is -0.726. The lowest BCUT2D eigenvalue weighted by molar-refractivity contribution is -0.142. The standard InChI is InChI=1S/C24H28F2N2O3/c1-17(24(30)27-21-5-3-2-4-6-21)28(15-18-7-9-19(25)10-8-18)23(29)16-31-22-13-11-20(26)12-14-22/h7-14,17,21H,2-6,15-16H2,1H3,(H,27,30)/t17-/m1/s1. The molecule has 31 heavy (non-hydrogen) atoms. The number of hydrogen-bond donors (Lipinski definition) is 1. The summed E-state index contributed by atoms with van der Waals surface area (Å²) in [5, 5.41) is 3.05. The number of carbonyl (C=O) groups is 2. The van der Waals surface area contributed by atoms with Crippen LogP contribution in [-0.2, 0) is 16.1 Å². The molecule has 0 aromatic heterocycles. The van der Waals surface area contributed by atoms with Crippen molar-refractivity contribution in [3.8, 4) is 5.75 Å². The molecule has 1 aliphatic carbocycles. The maximum atomic E-state index is 13.3. The quantitative estimate of drug-likeness (QED) is 0.683. The number of nitrogens with one attached hydrogen (secondary N) is 1. The Morgan fingerprint density at radius 2 is 1.58 bits per heavy atom. The van der Waals surface area contributed by atoms with Crippen LogP contribution in [-0.4, -0.2) is 35.4 Å². The summed E-state index contributed by atoms with van der Waals surface area (Å²) < 4.78 is 31.8. The van der Waals surface area contributed by atoms with Crippen molar-refractivity contribution in [3.63, 3.8) is 0 Å². The van der Waals surface area contributed by atoms with Gasteiger partial charge in [-0.25, -0.2) is 8.78 Å². The molecule has 2 amide bonds. The van der Waals surface area contributed by atoms with Crippen molar-refractivity contribution in [2.75, 3.05) is 6.61 Å². The van der Waals surface area contributed by atoms with E-state index in [9.17, 15) is 18.4 Å². The first-order chi connectivity index (χ1) is 14.9. The van der Waals surface area contributed by atoms with Crippen molar-refractivity contribution in [3.05, 3.63) is 65.7 Å². The van der Waals surface area contributed by atoms with Crippen molar-refractivity contribution < 1.29 is 23.1 Å². The topological polar surface area (TPSA) is 58.6 Å². The Morgan fingerprint density at radius 3 is 2.19 bits per heavy atom. The highest BCUT2D eigenvalue weighted by molar-refractivity contribution is 5.88. The molecule has 5 nitrogen and oxygen atoms in total. The molecule has 2 aromatic rings. The van der Waals surface area contributed by atoms with Gasteiger partial charge in [-0.3, -0.25) is 9.59 Å². The highest BCUT2D eigenvalue weighted by atomic mass is 19.1. The smallest absolute Gasteiger partial charge is 0.261 e. The zero-order valence-electron chi connectivity index (χ0n) is 17.7. The number of nitrogens with zero attached hydrogens (tertiary/aromatic N) is 1. The Hall–Kier alpha value is -2.96.